The van der Waals surface area contributed by atoms with Crippen molar-refractivity contribution >= 4 is 23.2 Å². The molecule has 1 N–H and O–H groups in total. The summed E-state index contributed by atoms with van der Waals surface area (Å²) in [5, 5.41) is 6.66. The Morgan fingerprint density at radius 1 is 1.52 bits per heavy atom. The van der Waals surface area contributed by atoms with E-state index in [4.69, 9.17) is 16.1 Å². The van der Waals surface area contributed by atoms with Gasteiger partial charge in [-0.2, -0.15) is 0 Å². The average molecular weight is 309 g/mol. The van der Waals surface area contributed by atoms with Crippen LogP contribution in [0.4, 0.5) is 10.1 Å². The number of hydrogen-bond acceptors (Lipinski definition) is 3. The van der Waals surface area contributed by atoms with Crippen molar-refractivity contribution in [1.29, 1.82) is 0 Å². The van der Waals surface area contributed by atoms with Crippen molar-refractivity contribution in [1.82, 2.24) is 5.16 Å². The van der Waals surface area contributed by atoms with Gasteiger partial charge < -0.3 is 9.84 Å². The number of nitrogens with one attached hydrogen (secondary N) is 1. The van der Waals surface area contributed by atoms with Gasteiger partial charge in [-0.15, -0.1) is 0 Å². The van der Waals surface area contributed by atoms with Crippen LogP contribution in [0.2, 0.25) is 5.02 Å². The Balaban J connectivity index is 1.85. The second-order valence-corrected chi connectivity index (χ2v) is 5.77. The molecule has 1 heterocycles. The summed E-state index contributed by atoms with van der Waals surface area (Å²) in [7, 11) is 0. The quantitative estimate of drug-likeness (QED) is 0.917. The predicted molar refractivity (Wildman–Crippen MR) is 77.1 cm³/mol. The molecule has 0 fully saturated rings. The zero-order chi connectivity index (χ0) is 15.0. The van der Waals surface area contributed by atoms with Crippen molar-refractivity contribution in [2.45, 2.75) is 26.2 Å². The Hall–Kier alpha value is -1.88. The number of halogens is 2. The molecule has 0 aliphatic heterocycles. The number of aromatic nitrogens is 1. The molecule has 110 valence electrons. The SMILES string of the molecule is C[C@@H]1CCc2onc(C(=O)Nc3ccc(F)cc3Cl)c2C1. The van der Waals surface area contributed by atoms with Gasteiger partial charge in [0.25, 0.3) is 5.91 Å². The van der Waals surface area contributed by atoms with E-state index in [-0.39, 0.29) is 16.6 Å². The summed E-state index contributed by atoms with van der Waals surface area (Å²) >= 11 is 5.90. The molecule has 1 aromatic heterocycles. The van der Waals surface area contributed by atoms with E-state index in [0.717, 1.165) is 36.7 Å². The lowest BCUT2D eigenvalue weighted by Crippen LogP contribution is -2.18. The van der Waals surface area contributed by atoms with Gasteiger partial charge in [0.05, 0.1) is 10.7 Å². The first-order chi connectivity index (χ1) is 10.0. The molecular weight excluding hydrogens is 295 g/mol. The number of amides is 1. The maximum Gasteiger partial charge on any atom is 0.278 e. The molecule has 0 bridgehead atoms. The molecule has 1 amide bonds. The highest BCUT2D eigenvalue weighted by molar-refractivity contribution is 6.33. The molecule has 21 heavy (non-hydrogen) atoms. The first-order valence-electron chi connectivity index (χ1n) is 6.78. The lowest BCUT2D eigenvalue weighted by Gasteiger charge is -2.16. The Kier molecular flexibility index (Phi) is 3.68. The van der Waals surface area contributed by atoms with Gasteiger partial charge in [0.2, 0.25) is 0 Å². The molecule has 1 aromatic carbocycles. The highest BCUT2D eigenvalue weighted by atomic mass is 35.5. The standard InChI is InChI=1S/C15H14ClFN2O2/c1-8-2-5-13-10(6-8)14(19-21-13)15(20)18-12-4-3-9(17)7-11(12)16/h3-4,7-8H,2,5-6H2,1H3,(H,18,20)/t8-/m1/s1. The number of benzene rings is 1. The number of rotatable bonds is 2. The Morgan fingerprint density at radius 3 is 3.10 bits per heavy atom. The maximum atomic E-state index is 13.0. The number of carbonyl (C=O) groups excluding carboxylic acids is 1. The van der Waals surface area contributed by atoms with Gasteiger partial charge in [0.15, 0.2) is 5.69 Å². The van der Waals surface area contributed by atoms with Gasteiger partial charge in [0, 0.05) is 12.0 Å². The molecule has 0 saturated heterocycles. The third-order valence-electron chi connectivity index (χ3n) is 3.68. The summed E-state index contributed by atoms with van der Waals surface area (Å²) in [6, 6.07) is 3.81. The van der Waals surface area contributed by atoms with Crippen LogP contribution < -0.4 is 5.32 Å². The lowest BCUT2D eigenvalue weighted by molar-refractivity contribution is 0.101. The van der Waals surface area contributed by atoms with Gasteiger partial charge in [-0.05, 0) is 37.0 Å². The molecule has 6 heteroatoms. The summed E-state index contributed by atoms with van der Waals surface area (Å²) in [6.07, 6.45) is 2.61. The predicted octanol–water partition coefficient (Wildman–Crippen LogP) is 3.84. The molecule has 3 rings (SSSR count). The van der Waals surface area contributed by atoms with E-state index in [9.17, 15) is 9.18 Å². The zero-order valence-electron chi connectivity index (χ0n) is 11.5. The second-order valence-electron chi connectivity index (χ2n) is 5.36. The fraction of sp³-hybridized carbons (Fsp3) is 0.333. The van der Waals surface area contributed by atoms with Crippen molar-refractivity contribution in [3.8, 4) is 0 Å². The monoisotopic (exact) mass is 308 g/mol. The molecular formula is C15H14ClFN2O2. The third kappa shape index (κ3) is 2.78. The van der Waals surface area contributed by atoms with E-state index in [0.29, 0.717) is 11.6 Å². The number of carbonyl (C=O) groups is 1. The van der Waals surface area contributed by atoms with Crippen molar-refractivity contribution in [2.75, 3.05) is 5.32 Å². The fourth-order valence-electron chi connectivity index (χ4n) is 2.53. The lowest BCUT2D eigenvalue weighted by atomic mass is 9.88. The summed E-state index contributed by atoms with van der Waals surface area (Å²) in [6.45, 7) is 2.13. The number of anilines is 1. The topological polar surface area (TPSA) is 55.1 Å². The molecule has 1 atom stereocenters. The fourth-order valence-corrected chi connectivity index (χ4v) is 2.74. The second kappa shape index (κ2) is 5.48. The first kappa shape index (κ1) is 14.1. The zero-order valence-corrected chi connectivity index (χ0v) is 12.2. The largest absolute Gasteiger partial charge is 0.360 e. The van der Waals surface area contributed by atoms with Crippen LogP contribution in [0.25, 0.3) is 0 Å². The van der Waals surface area contributed by atoms with E-state index < -0.39 is 5.82 Å². The smallest absolute Gasteiger partial charge is 0.278 e. The summed E-state index contributed by atoms with van der Waals surface area (Å²) in [5.41, 5.74) is 1.50. The molecule has 1 aliphatic carbocycles. The molecule has 0 unspecified atom stereocenters. The van der Waals surface area contributed by atoms with Crippen LogP contribution in [0.3, 0.4) is 0 Å². The van der Waals surface area contributed by atoms with Gasteiger partial charge in [-0.25, -0.2) is 4.39 Å². The highest BCUT2D eigenvalue weighted by Crippen LogP contribution is 2.29. The van der Waals surface area contributed by atoms with Gasteiger partial charge in [-0.3, -0.25) is 4.79 Å². The van der Waals surface area contributed by atoms with E-state index in [2.05, 4.69) is 17.4 Å². The van der Waals surface area contributed by atoms with Crippen LogP contribution in [-0.2, 0) is 12.8 Å². The summed E-state index contributed by atoms with van der Waals surface area (Å²) in [4.78, 5) is 12.3. The molecule has 1 aliphatic rings. The van der Waals surface area contributed by atoms with E-state index in [1.54, 1.807) is 0 Å². The number of fused-ring (bicyclic) bond motifs is 1. The van der Waals surface area contributed by atoms with Gasteiger partial charge >= 0.3 is 0 Å². The molecule has 4 nitrogen and oxygen atoms in total. The molecule has 0 saturated carbocycles. The Bertz CT molecular complexity index is 699. The Morgan fingerprint density at radius 2 is 2.33 bits per heavy atom. The molecule has 0 spiro atoms. The number of aryl methyl sites for hydroxylation is 1. The van der Waals surface area contributed by atoms with Crippen molar-refractivity contribution in [2.24, 2.45) is 5.92 Å². The van der Waals surface area contributed by atoms with Crippen LogP contribution in [0.15, 0.2) is 22.7 Å². The van der Waals surface area contributed by atoms with Gasteiger partial charge in [-0.1, -0.05) is 23.7 Å². The summed E-state index contributed by atoms with van der Waals surface area (Å²) in [5.74, 6) is 0.439. The van der Waals surface area contributed by atoms with Gasteiger partial charge in [0.1, 0.15) is 11.6 Å². The van der Waals surface area contributed by atoms with Crippen LogP contribution in [0, 0.1) is 11.7 Å². The number of hydrogen-bond donors (Lipinski definition) is 1. The highest BCUT2D eigenvalue weighted by Gasteiger charge is 2.27. The molecule has 0 radical (unpaired) electrons. The maximum absolute atomic E-state index is 13.0. The molecule has 2 aromatic rings. The van der Waals surface area contributed by atoms with Crippen molar-refractivity contribution in [3.63, 3.8) is 0 Å². The van der Waals surface area contributed by atoms with Crippen molar-refractivity contribution in [3.05, 3.63) is 46.1 Å². The van der Waals surface area contributed by atoms with Crippen LogP contribution in [0.5, 0.6) is 0 Å². The minimum atomic E-state index is -0.453. The normalized spacial score (nSPS) is 17.4. The van der Waals surface area contributed by atoms with Crippen LogP contribution in [-0.4, -0.2) is 11.1 Å². The van der Waals surface area contributed by atoms with E-state index in [1.165, 1.54) is 12.1 Å². The van der Waals surface area contributed by atoms with E-state index in [1.807, 2.05) is 0 Å². The number of nitrogens with zero attached hydrogens (tertiary/aromatic N) is 1. The average Bonchev–Trinajstić information content (AvgIpc) is 2.85. The summed E-state index contributed by atoms with van der Waals surface area (Å²) < 4.78 is 18.2. The Labute approximate surface area is 126 Å². The minimum absolute atomic E-state index is 0.147. The van der Waals surface area contributed by atoms with Crippen LogP contribution in [0.1, 0.15) is 35.2 Å². The minimum Gasteiger partial charge on any atom is -0.360 e. The third-order valence-corrected chi connectivity index (χ3v) is 3.99. The van der Waals surface area contributed by atoms with Crippen molar-refractivity contribution < 1.29 is 13.7 Å². The van der Waals surface area contributed by atoms with E-state index >= 15 is 0 Å². The first-order valence-corrected chi connectivity index (χ1v) is 7.16. The van der Waals surface area contributed by atoms with Crippen LogP contribution >= 0.6 is 11.6 Å².